The lowest BCUT2D eigenvalue weighted by atomic mass is 9.65. The Kier molecular flexibility index (Phi) is 3.53. The van der Waals surface area contributed by atoms with Crippen molar-refractivity contribution >= 4 is 41.1 Å². The summed E-state index contributed by atoms with van der Waals surface area (Å²) < 4.78 is 12.5. The summed E-state index contributed by atoms with van der Waals surface area (Å²) in [7, 11) is 0. The number of carbonyl (C=O) groups is 1. The molecule has 0 aromatic heterocycles. The minimum atomic E-state index is -0.501. The van der Waals surface area contributed by atoms with E-state index in [2.05, 4.69) is 0 Å². The van der Waals surface area contributed by atoms with Crippen molar-refractivity contribution in [2.75, 3.05) is 0 Å². The quantitative estimate of drug-likeness (QED) is 0.579. The van der Waals surface area contributed by atoms with Crippen LogP contribution < -0.4 is 9.47 Å². The summed E-state index contributed by atoms with van der Waals surface area (Å²) >= 11 is 12.7. The van der Waals surface area contributed by atoms with Gasteiger partial charge in [-0.05, 0) is 24.3 Å². The summed E-state index contributed by atoms with van der Waals surface area (Å²) in [6.45, 7) is 4.08. The third kappa shape index (κ3) is 2.31. The number of fused-ring (bicyclic) bond motifs is 4. The van der Waals surface area contributed by atoms with Gasteiger partial charge in [-0.15, -0.1) is 0 Å². The largest absolute Gasteiger partial charge is 0.483 e. The van der Waals surface area contributed by atoms with Crippen LogP contribution in [0.25, 0.3) is 12.2 Å². The highest BCUT2D eigenvalue weighted by Crippen LogP contribution is 2.51. The van der Waals surface area contributed by atoms with E-state index in [1.807, 2.05) is 50.3 Å². The van der Waals surface area contributed by atoms with Gasteiger partial charge in [0.05, 0.1) is 10.0 Å². The lowest BCUT2D eigenvalue weighted by Crippen LogP contribution is -2.56. The van der Waals surface area contributed by atoms with Crippen molar-refractivity contribution in [3.63, 3.8) is 0 Å². The molecular formula is C22H16Cl2O3. The van der Waals surface area contributed by atoms with Crippen LogP contribution in [0.15, 0.2) is 47.5 Å². The average Bonchev–Trinajstić information content (AvgIpc) is 2.65. The van der Waals surface area contributed by atoms with Crippen LogP contribution in [-0.4, -0.2) is 18.0 Å². The Labute approximate surface area is 167 Å². The topological polar surface area (TPSA) is 35.5 Å². The molecule has 1 saturated carbocycles. The predicted octanol–water partition coefficient (Wildman–Crippen LogP) is 5.59. The SMILES string of the molecule is CC1(C)[C@@H]2Oc3c(Cl)cccc3C=C2C(=O)C2=Cc3cccc(Cl)c3O[C@@H]21. The lowest BCUT2D eigenvalue weighted by molar-refractivity contribution is -0.119. The monoisotopic (exact) mass is 398 g/mol. The maximum absolute atomic E-state index is 13.3. The van der Waals surface area contributed by atoms with E-state index >= 15 is 0 Å². The molecule has 0 saturated heterocycles. The van der Waals surface area contributed by atoms with E-state index in [-0.39, 0.29) is 5.78 Å². The number of ketones is 1. The summed E-state index contributed by atoms with van der Waals surface area (Å²) in [5.74, 6) is 1.16. The van der Waals surface area contributed by atoms with Crippen molar-refractivity contribution in [3.8, 4) is 11.5 Å². The van der Waals surface area contributed by atoms with Crippen molar-refractivity contribution in [1.82, 2.24) is 0 Å². The molecule has 27 heavy (non-hydrogen) atoms. The van der Waals surface area contributed by atoms with Gasteiger partial charge in [0.25, 0.3) is 0 Å². The molecule has 5 heteroatoms. The molecule has 1 fully saturated rings. The molecule has 136 valence electrons. The number of hydrogen-bond acceptors (Lipinski definition) is 3. The zero-order chi connectivity index (χ0) is 18.9. The van der Waals surface area contributed by atoms with Crippen LogP contribution >= 0.6 is 23.2 Å². The summed E-state index contributed by atoms with van der Waals surface area (Å²) in [6, 6.07) is 11.1. The van der Waals surface area contributed by atoms with E-state index in [1.165, 1.54) is 0 Å². The smallest absolute Gasteiger partial charge is 0.192 e. The summed E-state index contributed by atoms with van der Waals surface area (Å²) in [6.07, 6.45) is 2.88. The van der Waals surface area contributed by atoms with Crippen LogP contribution in [0.1, 0.15) is 25.0 Å². The first-order valence-electron chi connectivity index (χ1n) is 8.76. The van der Waals surface area contributed by atoms with E-state index in [9.17, 15) is 4.79 Å². The number of halogens is 2. The number of rotatable bonds is 0. The van der Waals surface area contributed by atoms with Gasteiger partial charge >= 0.3 is 0 Å². The Morgan fingerprint density at radius 2 is 1.26 bits per heavy atom. The summed E-state index contributed by atoms with van der Waals surface area (Å²) in [4.78, 5) is 13.3. The van der Waals surface area contributed by atoms with E-state index < -0.39 is 17.6 Å². The molecule has 2 atom stereocenters. The Morgan fingerprint density at radius 3 is 1.70 bits per heavy atom. The number of ether oxygens (including phenoxy) is 2. The Hall–Kier alpha value is -2.23. The van der Waals surface area contributed by atoms with Crippen molar-refractivity contribution in [2.45, 2.75) is 26.1 Å². The van der Waals surface area contributed by atoms with Crippen LogP contribution in [0.4, 0.5) is 0 Å². The molecule has 0 bridgehead atoms. The molecule has 3 nitrogen and oxygen atoms in total. The molecule has 2 aliphatic heterocycles. The zero-order valence-corrected chi connectivity index (χ0v) is 16.3. The van der Waals surface area contributed by atoms with Crippen molar-refractivity contribution in [2.24, 2.45) is 5.41 Å². The van der Waals surface area contributed by atoms with Crippen LogP contribution in [0.2, 0.25) is 10.0 Å². The van der Waals surface area contributed by atoms with Gasteiger partial charge in [-0.2, -0.15) is 0 Å². The number of para-hydroxylation sites is 2. The average molecular weight is 399 g/mol. The Balaban J connectivity index is 1.70. The second kappa shape index (κ2) is 5.63. The minimum Gasteiger partial charge on any atom is -0.483 e. The highest BCUT2D eigenvalue weighted by molar-refractivity contribution is 6.33. The molecule has 2 aromatic rings. The van der Waals surface area contributed by atoms with E-state index in [1.54, 1.807) is 12.1 Å². The second-order valence-electron chi connectivity index (χ2n) is 7.66. The first-order chi connectivity index (χ1) is 12.9. The molecular weight excluding hydrogens is 383 g/mol. The van der Waals surface area contributed by atoms with Crippen LogP contribution in [0.3, 0.4) is 0 Å². The Bertz CT molecular complexity index is 984. The first-order valence-corrected chi connectivity index (χ1v) is 9.52. The fraction of sp³-hybridized carbons (Fsp3) is 0.227. The van der Waals surface area contributed by atoms with Crippen LogP contribution in [0, 0.1) is 5.41 Å². The maximum atomic E-state index is 13.3. The predicted molar refractivity (Wildman–Crippen MR) is 106 cm³/mol. The lowest BCUT2D eigenvalue weighted by Gasteiger charge is -2.48. The Morgan fingerprint density at radius 1 is 0.815 bits per heavy atom. The second-order valence-corrected chi connectivity index (χ2v) is 8.48. The third-order valence-electron chi connectivity index (χ3n) is 5.53. The fourth-order valence-corrected chi connectivity index (χ4v) is 4.61. The zero-order valence-electron chi connectivity index (χ0n) is 14.8. The van der Waals surface area contributed by atoms with E-state index in [0.29, 0.717) is 32.7 Å². The van der Waals surface area contributed by atoms with Crippen molar-refractivity contribution < 1.29 is 14.3 Å². The van der Waals surface area contributed by atoms with Gasteiger partial charge in [-0.1, -0.05) is 61.3 Å². The highest BCUT2D eigenvalue weighted by Gasteiger charge is 2.54. The molecule has 5 rings (SSSR count). The summed E-state index contributed by atoms with van der Waals surface area (Å²) in [5, 5.41) is 1.07. The van der Waals surface area contributed by atoms with Gasteiger partial charge in [0.2, 0.25) is 0 Å². The van der Waals surface area contributed by atoms with Gasteiger partial charge < -0.3 is 9.47 Å². The van der Waals surface area contributed by atoms with Crippen LogP contribution in [-0.2, 0) is 4.79 Å². The van der Waals surface area contributed by atoms with Gasteiger partial charge in [-0.25, -0.2) is 0 Å². The number of hydrogen-bond donors (Lipinski definition) is 0. The minimum absolute atomic E-state index is 0.0550. The number of benzene rings is 2. The first kappa shape index (κ1) is 16.9. The van der Waals surface area contributed by atoms with Gasteiger partial charge in [0, 0.05) is 27.7 Å². The molecule has 0 N–H and O–H groups in total. The normalized spacial score (nSPS) is 24.2. The fourth-order valence-electron chi connectivity index (χ4n) is 4.15. The van der Waals surface area contributed by atoms with Gasteiger partial charge in [0.15, 0.2) is 5.78 Å². The van der Waals surface area contributed by atoms with Gasteiger partial charge in [0.1, 0.15) is 23.7 Å². The molecule has 0 unspecified atom stereocenters. The van der Waals surface area contributed by atoms with Crippen molar-refractivity contribution in [3.05, 3.63) is 68.7 Å². The highest BCUT2D eigenvalue weighted by atomic mass is 35.5. The molecule has 0 spiro atoms. The van der Waals surface area contributed by atoms with Crippen molar-refractivity contribution in [1.29, 1.82) is 0 Å². The third-order valence-corrected chi connectivity index (χ3v) is 6.12. The molecule has 1 aliphatic carbocycles. The molecule has 0 amide bonds. The summed E-state index contributed by atoms with van der Waals surface area (Å²) in [5.41, 5.74) is 2.39. The molecule has 2 aromatic carbocycles. The molecule has 2 heterocycles. The maximum Gasteiger partial charge on any atom is 0.192 e. The number of carbonyl (C=O) groups excluding carboxylic acids is 1. The molecule has 3 aliphatic rings. The van der Waals surface area contributed by atoms with E-state index in [0.717, 1.165) is 11.1 Å². The standard InChI is InChI=1S/C22H16Cl2O3/c1-22(2)20-13(9-11-5-3-7-15(23)18(11)26-20)17(25)14-10-12-6-4-8-16(24)19(12)27-21(14)22/h3-10,20-21H,1-2H3/t20-,21+. The van der Waals surface area contributed by atoms with E-state index in [4.69, 9.17) is 32.7 Å². The van der Waals surface area contributed by atoms with Gasteiger partial charge in [-0.3, -0.25) is 4.79 Å². The number of Topliss-reactive ketones (excluding diaryl/α,β-unsaturated/α-hetero) is 1. The molecule has 0 radical (unpaired) electrons. The van der Waals surface area contributed by atoms with Crippen LogP contribution in [0.5, 0.6) is 11.5 Å².